The molecule has 0 spiro atoms. The molecule has 3 aromatic carbocycles. The van der Waals surface area contributed by atoms with Gasteiger partial charge in [-0.1, -0.05) is 43.3 Å². The van der Waals surface area contributed by atoms with Crippen molar-refractivity contribution in [3.8, 4) is 11.1 Å². The van der Waals surface area contributed by atoms with Crippen molar-refractivity contribution in [3.05, 3.63) is 84.2 Å². The highest BCUT2D eigenvalue weighted by molar-refractivity contribution is 5.74. The van der Waals surface area contributed by atoms with Crippen LogP contribution >= 0.6 is 0 Å². The SMILES string of the molecule is CCNC(Cc1cccc(-c2cccc(N3CCN(c4ccc(F)cc4)CC3)c2)c1)C(=O)O. The first-order valence-corrected chi connectivity index (χ1v) is 11.4. The topological polar surface area (TPSA) is 55.8 Å². The second-order valence-corrected chi connectivity index (χ2v) is 8.35. The van der Waals surface area contributed by atoms with Gasteiger partial charge in [0.25, 0.3) is 0 Å². The zero-order chi connectivity index (χ0) is 23.2. The molecule has 1 saturated heterocycles. The first-order chi connectivity index (χ1) is 16.0. The maximum absolute atomic E-state index is 13.2. The largest absolute Gasteiger partial charge is 0.480 e. The van der Waals surface area contributed by atoms with Crippen LogP contribution in [0.4, 0.5) is 15.8 Å². The quantitative estimate of drug-likeness (QED) is 0.535. The summed E-state index contributed by atoms with van der Waals surface area (Å²) in [7, 11) is 0. The number of hydrogen-bond donors (Lipinski definition) is 2. The number of anilines is 2. The van der Waals surface area contributed by atoms with E-state index in [0.717, 1.165) is 48.6 Å². The highest BCUT2D eigenvalue weighted by Gasteiger charge is 2.19. The molecule has 0 aliphatic carbocycles. The number of benzene rings is 3. The number of hydrogen-bond acceptors (Lipinski definition) is 4. The minimum atomic E-state index is -0.830. The first-order valence-electron chi connectivity index (χ1n) is 11.4. The molecule has 1 atom stereocenters. The lowest BCUT2D eigenvalue weighted by Gasteiger charge is -2.37. The fourth-order valence-electron chi connectivity index (χ4n) is 4.36. The third-order valence-corrected chi connectivity index (χ3v) is 6.13. The highest BCUT2D eigenvalue weighted by atomic mass is 19.1. The second kappa shape index (κ2) is 10.5. The number of carbonyl (C=O) groups is 1. The molecular weight excluding hydrogens is 417 g/mol. The Kier molecular flexibility index (Phi) is 7.25. The number of halogens is 1. The molecule has 1 heterocycles. The average Bonchev–Trinajstić information content (AvgIpc) is 2.85. The Labute approximate surface area is 194 Å². The van der Waals surface area contributed by atoms with Crippen molar-refractivity contribution in [2.24, 2.45) is 0 Å². The second-order valence-electron chi connectivity index (χ2n) is 8.35. The van der Waals surface area contributed by atoms with Gasteiger partial charge >= 0.3 is 5.97 Å². The molecule has 1 aliphatic rings. The van der Waals surface area contributed by atoms with Gasteiger partial charge < -0.3 is 20.2 Å². The monoisotopic (exact) mass is 447 g/mol. The fourth-order valence-corrected chi connectivity index (χ4v) is 4.36. The molecule has 0 saturated carbocycles. The Bertz CT molecular complexity index is 1080. The van der Waals surface area contributed by atoms with Crippen molar-refractivity contribution in [2.75, 3.05) is 42.5 Å². The smallest absolute Gasteiger partial charge is 0.321 e. The summed E-state index contributed by atoms with van der Waals surface area (Å²) in [6, 6.07) is 22.7. The minimum Gasteiger partial charge on any atom is -0.480 e. The molecule has 0 bridgehead atoms. The number of nitrogens with zero attached hydrogens (tertiary/aromatic N) is 2. The fraction of sp³-hybridized carbons (Fsp3) is 0.296. The van der Waals surface area contributed by atoms with Crippen LogP contribution in [-0.2, 0) is 11.2 Å². The van der Waals surface area contributed by atoms with Crippen molar-refractivity contribution >= 4 is 17.3 Å². The summed E-state index contributed by atoms with van der Waals surface area (Å²) in [6.45, 7) is 6.08. The third-order valence-electron chi connectivity index (χ3n) is 6.13. The van der Waals surface area contributed by atoms with Crippen LogP contribution in [0.25, 0.3) is 11.1 Å². The van der Waals surface area contributed by atoms with E-state index in [1.165, 1.54) is 17.8 Å². The van der Waals surface area contributed by atoms with Gasteiger partial charge in [0, 0.05) is 37.6 Å². The minimum absolute atomic E-state index is 0.210. The van der Waals surface area contributed by atoms with Gasteiger partial charge in [-0.3, -0.25) is 4.79 Å². The van der Waals surface area contributed by atoms with Crippen molar-refractivity contribution in [3.63, 3.8) is 0 Å². The van der Waals surface area contributed by atoms with E-state index in [2.05, 4.69) is 51.5 Å². The van der Waals surface area contributed by atoms with Crippen molar-refractivity contribution in [2.45, 2.75) is 19.4 Å². The predicted octanol–water partition coefficient (Wildman–Crippen LogP) is 4.42. The summed E-state index contributed by atoms with van der Waals surface area (Å²) in [5.74, 6) is -1.04. The Balaban J connectivity index is 1.45. The van der Waals surface area contributed by atoms with Gasteiger partial charge in [0.05, 0.1) is 0 Å². The molecule has 5 nitrogen and oxygen atoms in total. The molecular formula is C27H30FN3O2. The number of carboxylic acid groups (broad SMARTS) is 1. The van der Waals surface area contributed by atoms with E-state index in [-0.39, 0.29) is 5.82 Å². The summed E-state index contributed by atoms with van der Waals surface area (Å²) in [4.78, 5) is 16.2. The lowest BCUT2D eigenvalue weighted by molar-refractivity contribution is -0.139. The molecule has 0 radical (unpaired) electrons. The molecule has 4 rings (SSSR count). The van der Waals surface area contributed by atoms with Crippen molar-refractivity contribution in [1.82, 2.24) is 5.32 Å². The zero-order valence-electron chi connectivity index (χ0n) is 18.9. The molecule has 1 aliphatic heterocycles. The lowest BCUT2D eigenvalue weighted by atomic mass is 9.99. The van der Waals surface area contributed by atoms with Crippen LogP contribution < -0.4 is 15.1 Å². The Morgan fingerprint density at radius 3 is 2.15 bits per heavy atom. The maximum Gasteiger partial charge on any atom is 0.321 e. The number of rotatable bonds is 8. The molecule has 1 fully saturated rings. The third kappa shape index (κ3) is 5.71. The van der Waals surface area contributed by atoms with E-state index in [1.807, 2.05) is 31.2 Å². The van der Waals surface area contributed by atoms with E-state index < -0.39 is 12.0 Å². The van der Waals surface area contributed by atoms with Gasteiger partial charge in [-0.05, 0) is 66.1 Å². The summed E-state index contributed by atoms with van der Waals surface area (Å²) in [6.07, 6.45) is 0.446. The number of piperazine rings is 1. The number of likely N-dealkylation sites (N-methyl/N-ethyl adjacent to an activating group) is 1. The molecule has 3 aromatic rings. The van der Waals surface area contributed by atoms with Gasteiger partial charge in [0.15, 0.2) is 0 Å². The van der Waals surface area contributed by atoms with Gasteiger partial charge in [-0.25, -0.2) is 4.39 Å². The summed E-state index contributed by atoms with van der Waals surface area (Å²) < 4.78 is 13.2. The molecule has 1 unspecified atom stereocenters. The van der Waals surface area contributed by atoms with E-state index in [9.17, 15) is 14.3 Å². The van der Waals surface area contributed by atoms with Crippen LogP contribution in [-0.4, -0.2) is 49.8 Å². The number of nitrogens with one attached hydrogen (secondary N) is 1. The summed E-state index contributed by atoms with van der Waals surface area (Å²) >= 11 is 0. The molecule has 2 N–H and O–H groups in total. The van der Waals surface area contributed by atoms with E-state index >= 15 is 0 Å². The molecule has 6 heteroatoms. The Morgan fingerprint density at radius 2 is 1.52 bits per heavy atom. The van der Waals surface area contributed by atoms with Crippen LogP contribution in [0.3, 0.4) is 0 Å². The Morgan fingerprint density at radius 1 is 0.909 bits per heavy atom. The van der Waals surface area contributed by atoms with Crippen LogP contribution in [0.15, 0.2) is 72.8 Å². The zero-order valence-corrected chi connectivity index (χ0v) is 18.9. The summed E-state index contributed by atoms with van der Waals surface area (Å²) in [5, 5.41) is 12.5. The van der Waals surface area contributed by atoms with Gasteiger partial charge in [0.1, 0.15) is 11.9 Å². The van der Waals surface area contributed by atoms with E-state index in [4.69, 9.17) is 0 Å². The summed E-state index contributed by atoms with van der Waals surface area (Å²) in [5.41, 5.74) is 5.43. The molecule has 33 heavy (non-hydrogen) atoms. The van der Waals surface area contributed by atoms with E-state index in [1.54, 1.807) is 0 Å². The van der Waals surface area contributed by atoms with Gasteiger partial charge in [-0.2, -0.15) is 0 Å². The Hall–Kier alpha value is -3.38. The standard InChI is InChI=1S/C27H30FN3O2/c1-2-29-26(27(32)33)18-20-5-3-6-21(17-20)22-7-4-8-25(19-22)31-15-13-30(14-16-31)24-11-9-23(28)10-12-24/h3-12,17,19,26,29H,2,13-16,18H2,1H3,(H,32,33). The van der Waals surface area contributed by atoms with Crippen LogP contribution in [0, 0.1) is 5.82 Å². The van der Waals surface area contributed by atoms with Crippen LogP contribution in [0.2, 0.25) is 0 Å². The predicted molar refractivity (Wildman–Crippen MR) is 132 cm³/mol. The van der Waals surface area contributed by atoms with Crippen molar-refractivity contribution < 1.29 is 14.3 Å². The van der Waals surface area contributed by atoms with Crippen molar-refractivity contribution in [1.29, 1.82) is 0 Å². The lowest BCUT2D eigenvalue weighted by Crippen LogP contribution is -2.46. The van der Waals surface area contributed by atoms with Gasteiger partial charge in [-0.15, -0.1) is 0 Å². The highest BCUT2D eigenvalue weighted by Crippen LogP contribution is 2.27. The van der Waals surface area contributed by atoms with Crippen LogP contribution in [0.5, 0.6) is 0 Å². The van der Waals surface area contributed by atoms with E-state index in [0.29, 0.717) is 13.0 Å². The molecule has 0 amide bonds. The maximum atomic E-state index is 13.2. The molecule has 0 aromatic heterocycles. The average molecular weight is 448 g/mol. The van der Waals surface area contributed by atoms with Gasteiger partial charge in [0.2, 0.25) is 0 Å². The molecule has 172 valence electrons. The van der Waals surface area contributed by atoms with Crippen LogP contribution in [0.1, 0.15) is 12.5 Å². The normalized spacial score (nSPS) is 14.8. The first kappa shape index (κ1) is 22.8. The number of aliphatic carboxylic acids is 1. The number of carboxylic acids is 1.